The van der Waals surface area contributed by atoms with Crippen molar-refractivity contribution in [2.45, 2.75) is 17.1 Å². The normalized spacial score (nSPS) is 11.6. The van der Waals surface area contributed by atoms with Gasteiger partial charge in [0, 0.05) is 39.2 Å². The van der Waals surface area contributed by atoms with Gasteiger partial charge < -0.3 is 10.6 Å². The van der Waals surface area contributed by atoms with Gasteiger partial charge in [-0.15, -0.1) is 23.1 Å². The molecule has 0 fully saturated rings. The number of anilines is 2. The molecule has 39 heavy (non-hydrogen) atoms. The van der Waals surface area contributed by atoms with Gasteiger partial charge >= 0.3 is 0 Å². The summed E-state index contributed by atoms with van der Waals surface area (Å²) < 4.78 is 0. The fourth-order valence-electron chi connectivity index (χ4n) is 3.89. The first-order chi connectivity index (χ1) is 18.9. The zero-order chi connectivity index (χ0) is 27.4. The van der Waals surface area contributed by atoms with Crippen LogP contribution in [0.25, 0.3) is 22.0 Å². The van der Waals surface area contributed by atoms with Crippen LogP contribution in [0.5, 0.6) is 0 Å². The third-order valence-electron chi connectivity index (χ3n) is 5.87. The van der Waals surface area contributed by atoms with E-state index >= 15 is 0 Å². The van der Waals surface area contributed by atoms with Crippen molar-refractivity contribution >= 4 is 62.2 Å². The number of thiazole rings is 1. The Balaban J connectivity index is 1.20. The van der Waals surface area contributed by atoms with E-state index < -0.39 is 10.2 Å². The number of fused-ring (bicyclic) bond motifs is 1. The predicted octanol–water partition coefficient (Wildman–Crippen LogP) is 7.24. The summed E-state index contributed by atoms with van der Waals surface area (Å²) in [6.45, 7) is 1.79. The van der Waals surface area contributed by atoms with Crippen LogP contribution in [-0.4, -0.2) is 27.0 Å². The Labute approximate surface area is 232 Å². The highest BCUT2D eigenvalue weighted by Gasteiger charge is 2.18. The lowest BCUT2D eigenvalue weighted by Crippen LogP contribution is -2.22. The summed E-state index contributed by atoms with van der Waals surface area (Å²) in [7, 11) is 0. The molecule has 0 bridgehead atoms. The smallest absolute Gasteiger partial charge is 0.270 e. The van der Waals surface area contributed by atoms with Crippen molar-refractivity contribution in [2.75, 3.05) is 10.6 Å². The fraction of sp³-hybridized carbons (Fsp3) is 0.0690. The number of nitrogens with zero attached hydrogens (tertiary/aromatic N) is 2. The van der Waals surface area contributed by atoms with E-state index in [1.807, 2.05) is 54.6 Å². The average Bonchev–Trinajstić information content (AvgIpc) is 3.41. The third-order valence-corrected chi connectivity index (χ3v) is 7.72. The topological polar surface area (TPSA) is 114 Å². The number of hydrogen-bond donors (Lipinski definition) is 2. The largest absolute Gasteiger partial charge is 0.322 e. The predicted molar refractivity (Wildman–Crippen MR) is 156 cm³/mol. The zero-order valence-electron chi connectivity index (χ0n) is 20.7. The summed E-state index contributed by atoms with van der Waals surface area (Å²) in [5.41, 5.74) is 2.33. The molecule has 5 rings (SSSR count). The summed E-state index contributed by atoms with van der Waals surface area (Å²) >= 11 is 2.61. The summed E-state index contributed by atoms with van der Waals surface area (Å²) in [6, 6.07) is 27.0. The number of amides is 2. The fourth-order valence-corrected chi connectivity index (χ4v) is 5.54. The van der Waals surface area contributed by atoms with Crippen LogP contribution >= 0.6 is 23.1 Å². The highest BCUT2D eigenvalue weighted by molar-refractivity contribution is 8.00. The molecular formula is C29H22N4O4S2. The number of nitro groups is 1. The van der Waals surface area contributed by atoms with Crippen molar-refractivity contribution in [1.29, 1.82) is 0 Å². The van der Waals surface area contributed by atoms with Gasteiger partial charge in [-0.1, -0.05) is 48.5 Å². The average molecular weight is 555 g/mol. The van der Waals surface area contributed by atoms with E-state index in [2.05, 4.69) is 15.6 Å². The number of thioether (sulfide) groups is 1. The first-order valence-electron chi connectivity index (χ1n) is 11.9. The molecule has 4 aromatic carbocycles. The van der Waals surface area contributed by atoms with E-state index in [-0.39, 0.29) is 17.5 Å². The standard InChI is InChI=1S/C29H22N4O4S2/c1-18(27(34)32-29-31-26(17-38-29)21-8-4-10-24(15-21)33(36)37)39-25-11-5-9-23(16-25)30-28(35)22-13-12-19-6-2-3-7-20(19)14-22/h2-18H,1H3,(H,30,35)(H,31,32,34). The highest BCUT2D eigenvalue weighted by Crippen LogP contribution is 2.30. The summed E-state index contributed by atoms with van der Waals surface area (Å²) in [4.78, 5) is 41.5. The molecule has 8 nitrogen and oxygen atoms in total. The number of carbonyl (C=O) groups is 2. The maximum Gasteiger partial charge on any atom is 0.270 e. The van der Waals surface area contributed by atoms with E-state index in [1.165, 1.54) is 35.2 Å². The Morgan fingerprint density at radius 1 is 0.923 bits per heavy atom. The van der Waals surface area contributed by atoms with Gasteiger partial charge in [-0.05, 0) is 48.0 Å². The minimum atomic E-state index is -0.457. The van der Waals surface area contributed by atoms with Crippen LogP contribution in [0.2, 0.25) is 0 Å². The van der Waals surface area contributed by atoms with Crippen LogP contribution in [0.3, 0.4) is 0 Å². The molecule has 1 atom stereocenters. The Bertz CT molecular complexity index is 1700. The number of nitro benzene ring substituents is 1. The van der Waals surface area contributed by atoms with Crippen LogP contribution in [-0.2, 0) is 4.79 Å². The third kappa shape index (κ3) is 6.31. The highest BCUT2D eigenvalue weighted by atomic mass is 32.2. The number of hydrogen-bond acceptors (Lipinski definition) is 7. The molecule has 0 spiro atoms. The zero-order valence-corrected chi connectivity index (χ0v) is 22.3. The van der Waals surface area contributed by atoms with Crippen LogP contribution in [0.4, 0.5) is 16.5 Å². The van der Waals surface area contributed by atoms with E-state index in [0.29, 0.717) is 27.6 Å². The van der Waals surface area contributed by atoms with Crippen LogP contribution < -0.4 is 10.6 Å². The molecule has 0 saturated carbocycles. The SMILES string of the molecule is CC(Sc1cccc(NC(=O)c2ccc3ccccc3c2)c1)C(=O)Nc1nc(-c2cccc([N+](=O)[O-])c2)cs1. The second-order valence-electron chi connectivity index (χ2n) is 8.64. The second-order valence-corrected chi connectivity index (χ2v) is 10.9. The van der Waals surface area contributed by atoms with Gasteiger partial charge in [-0.3, -0.25) is 19.7 Å². The van der Waals surface area contributed by atoms with Crippen molar-refractivity contribution in [2.24, 2.45) is 0 Å². The minimum absolute atomic E-state index is 0.0215. The van der Waals surface area contributed by atoms with Gasteiger partial charge in [0.15, 0.2) is 5.13 Å². The van der Waals surface area contributed by atoms with Crippen LogP contribution in [0.1, 0.15) is 17.3 Å². The Morgan fingerprint density at radius 3 is 2.54 bits per heavy atom. The molecule has 2 N–H and O–H groups in total. The van der Waals surface area contributed by atoms with E-state index in [9.17, 15) is 19.7 Å². The molecule has 2 amide bonds. The Kier molecular flexibility index (Phi) is 7.67. The molecule has 1 aromatic heterocycles. The monoisotopic (exact) mass is 554 g/mol. The van der Waals surface area contributed by atoms with Gasteiger partial charge in [0.25, 0.3) is 11.6 Å². The molecule has 0 aliphatic rings. The van der Waals surface area contributed by atoms with Crippen molar-refractivity contribution < 1.29 is 14.5 Å². The number of nitrogens with one attached hydrogen (secondary N) is 2. The summed E-state index contributed by atoms with van der Waals surface area (Å²) in [5, 5.41) is 20.6. The second kappa shape index (κ2) is 11.5. The van der Waals surface area contributed by atoms with Crippen molar-refractivity contribution in [1.82, 2.24) is 4.98 Å². The number of benzene rings is 4. The Hall–Kier alpha value is -4.54. The van der Waals surface area contributed by atoms with Gasteiger partial charge in [0.1, 0.15) is 0 Å². The van der Waals surface area contributed by atoms with Gasteiger partial charge in [0.2, 0.25) is 5.91 Å². The first-order valence-corrected chi connectivity index (χ1v) is 13.7. The number of non-ortho nitro benzene ring substituents is 1. The van der Waals surface area contributed by atoms with Crippen LogP contribution in [0.15, 0.2) is 101 Å². The molecule has 194 valence electrons. The maximum absolute atomic E-state index is 12.8. The van der Waals surface area contributed by atoms with E-state index in [4.69, 9.17) is 0 Å². The molecule has 10 heteroatoms. The number of aromatic nitrogens is 1. The first kappa shape index (κ1) is 26.1. The van der Waals surface area contributed by atoms with Crippen molar-refractivity contribution in [3.8, 4) is 11.3 Å². The molecular weight excluding hydrogens is 532 g/mol. The molecule has 0 aliphatic carbocycles. The molecule has 1 unspecified atom stereocenters. The van der Waals surface area contributed by atoms with Gasteiger partial charge in [-0.2, -0.15) is 0 Å². The lowest BCUT2D eigenvalue weighted by Gasteiger charge is -2.12. The van der Waals surface area contributed by atoms with Crippen molar-refractivity contribution in [3.05, 3.63) is 112 Å². The summed E-state index contributed by atoms with van der Waals surface area (Å²) in [5.74, 6) is -0.442. The van der Waals surface area contributed by atoms with E-state index in [1.54, 1.807) is 36.6 Å². The maximum atomic E-state index is 12.8. The molecule has 0 radical (unpaired) electrons. The van der Waals surface area contributed by atoms with Gasteiger partial charge in [0.05, 0.1) is 15.9 Å². The number of rotatable bonds is 8. The van der Waals surface area contributed by atoms with E-state index in [0.717, 1.165) is 15.7 Å². The minimum Gasteiger partial charge on any atom is -0.322 e. The van der Waals surface area contributed by atoms with Crippen molar-refractivity contribution in [3.63, 3.8) is 0 Å². The Morgan fingerprint density at radius 2 is 1.72 bits per heavy atom. The molecule has 0 saturated heterocycles. The summed E-state index contributed by atoms with van der Waals surface area (Å²) in [6.07, 6.45) is 0. The lowest BCUT2D eigenvalue weighted by atomic mass is 10.1. The van der Waals surface area contributed by atoms with Crippen LogP contribution in [0, 0.1) is 10.1 Å². The molecule has 5 aromatic rings. The lowest BCUT2D eigenvalue weighted by molar-refractivity contribution is -0.384. The van der Waals surface area contributed by atoms with Gasteiger partial charge in [-0.25, -0.2) is 4.98 Å². The molecule has 0 aliphatic heterocycles. The molecule has 1 heterocycles. The quantitative estimate of drug-likeness (QED) is 0.119. The number of carbonyl (C=O) groups excluding carboxylic acids is 2.